The van der Waals surface area contributed by atoms with Crippen molar-refractivity contribution in [2.24, 2.45) is 0 Å². The lowest BCUT2D eigenvalue weighted by Crippen LogP contribution is -2.44. The summed E-state index contributed by atoms with van der Waals surface area (Å²) >= 11 is 1.16. The molecule has 2 heterocycles. The molecule has 0 saturated carbocycles. The van der Waals surface area contributed by atoms with Crippen LogP contribution in [0.2, 0.25) is 0 Å². The van der Waals surface area contributed by atoms with E-state index in [9.17, 15) is 4.79 Å². The van der Waals surface area contributed by atoms with Gasteiger partial charge in [0.15, 0.2) is 0 Å². The molecule has 4 rings (SSSR count). The van der Waals surface area contributed by atoms with Crippen LogP contribution in [0.5, 0.6) is 0 Å². The number of rotatable bonds is 5. The molecule has 0 radical (unpaired) electrons. The van der Waals surface area contributed by atoms with E-state index in [1.54, 1.807) is 0 Å². The van der Waals surface area contributed by atoms with Crippen molar-refractivity contribution in [1.82, 2.24) is 14.6 Å². The molecule has 1 amide bonds. The van der Waals surface area contributed by atoms with Crippen molar-refractivity contribution < 1.29 is 4.79 Å². The Bertz CT molecular complexity index is 970. The molecule has 1 atom stereocenters. The normalized spacial score (nSPS) is 15.0. The van der Waals surface area contributed by atoms with Gasteiger partial charge in [-0.2, -0.15) is 4.37 Å². The quantitative estimate of drug-likeness (QED) is 0.696. The summed E-state index contributed by atoms with van der Waals surface area (Å²) in [4.78, 5) is 15.5. The molecule has 1 aliphatic heterocycles. The van der Waals surface area contributed by atoms with E-state index in [0.717, 1.165) is 36.6 Å². The molecule has 1 aliphatic rings. The van der Waals surface area contributed by atoms with Gasteiger partial charge in [0.25, 0.3) is 5.91 Å². The van der Waals surface area contributed by atoms with Crippen molar-refractivity contribution in [1.29, 1.82) is 0 Å². The average molecular weight is 393 g/mol. The summed E-state index contributed by atoms with van der Waals surface area (Å²) in [7, 11) is 0. The summed E-state index contributed by atoms with van der Waals surface area (Å²) in [5.74, 6) is -0.151. The van der Waals surface area contributed by atoms with Gasteiger partial charge in [-0.15, -0.1) is 0 Å². The second kappa shape index (κ2) is 8.12. The van der Waals surface area contributed by atoms with Crippen LogP contribution in [0, 0.1) is 0 Å². The van der Waals surface area contributed by atoms with E-state index in [1.165, 1.54) is 11.1 Å². The molecule has 1 unspecified atom stereocenters. The highest BCUT2D eigenvalue weighted by Crippen LogP contribution is 2.30. The number of aromatic nitrogens is 1. The zero-order valence-corrected chi connectivity index (χ0v) is 16.7. The lowest BCUT2D eigenvalue weighted by molar-refractivity contribution is 0.0937. The lowest BCUT2D eigenvalue weighted by Gasteiger charge is -2.33. The maximum Gasteiger partial charge on any atom is 0.265 e. The zero-order valence-electron chi connectivity index (χ0n) is 15.9. The molecule has 3 N–H and O–H groups in total. The molecule has 1 aromatic heterocycles. The number of amides is 1. The summed E-state index contributed by atoms with van der Waals surface area (Å²) in [5, 5.41) is 3.04. The van der Waals surface area contributed by atoms with Gasteiger partial charge in [0.05, 0.1) is 5.69 Å². The number of benzene rings is 2. The summed E-state index contributed by atoms with van der Waals surface area (Å²) in [5.41, 5.74) is 11.1. The van der Waals surface area contributed by atoms with Crippen molar-refractivity contribution in [3.63, 3.8) is 0 Å². The first-order valence-corrected chi connectivity index (χ1v) is 10.3. The third kappa shape index (κ3) is 3.79. The molecule has 0 aliphatic carbocycles. The van der Waals surface area contributed by atoms with E-state index in [2.05, 4.69) is 45.8 Å². The Morgan fingerprint density at radius 1 is 1.18 bits per heavy atom. The molecule has 2 aromatic carbocycles. The number of carbonyl (C=O) groups excluding carboxylic acids is 1. The zero-order chi connectivity index (χ0) is 19.5. The third-order valence-corrected chi connectivity index (χ3v) is 6.18. The molecule has 144 valence electrons. The monoisotopic (exact) mass is 392 g/mol. The Labute approximate surface area is 169 Å². The van der Waals surface area contributed by atoms with Gasteiger partial charge >= 0.3 is 0 Å². The molecule has 5 nitrogen and oxygen atoms in total. The van der Waals surface area contributed by atoms with Gasteiger partial charge in [-0.3, -0.25) is 9.69 Å². The third-order valence-electron chi connectivity index (χ3n) is 5.32. The number of carbonyl (C=O) groups is 1. The fourth-order valence-electron chi connectivity index (χ4n) is 3.61. The number of fused-ring (bicyclic) bond motifs is 1. The number of hydrogen-bond acceptors (Lipinski definition) is 5. The molecule has 6 heteroatoms. The Balaban J connectivity index is 1.38. The molecule has 0 bridgehead atoms. The van der Waals surface area contributed by atoms with Gasteiger partial charge in [0.1, 0.15) is 10.6 Å². The second-order valence-corrected chi connectivity index (χ2v) is 7.96. The Hall–Kier alpha value is -2.70. The van der Waals surface area contributed by atoms with Crippen molar-refractivity contribution >= 4 is 23.1 Å². The number of hydrogen-bond donors (Lipinski definition) is 2. The van der Waals surface area contributed by atoms with Crippen LogP contribution >= 0.6 is 11.5 Å². The largest absolute Gasteiger partial charge is 0.396 e. The van der Waals surface area contributed by atoms with Crippen LogP contribution in [0.3, 0.4) is 0 Å². The maximum absolute atomic E-state index is 12.7. The minimum atomic E-state index is -0.151. The van der Waals surface area contributed by atoms with E-state index in [0.29, 0.717) is 22.8 Å². The Morgan fingerprint density at radius 3 is 2.68 bits per heavy atom. The minimum Gasteiger partial charge on any atom is -0.396 e. The smallest absolute Gasteiger partial charge is 0.265 e. The van der Waals surface area contributed by atoms with Crippen molar-refractivity contribution in [2.75, 3.05) is 18.8 Å². The minimum absolute atomic E-state index is 0.151. The predicted octanol–water partition coefficient (Wildman–Crippen LogP) is 3.57. The maximum atomic E-state index is 12.7. The Morgan fingerprint density at radius 2 is 1.89 bits per heavy atom. The van der Waals surface area contributed by atoms with E-state index >= 15 is 0 Å². The van der Waals surface area contributed by atoms with E-state index in [4.69, 9.17) is 5.73 Å². The number of nitrogens with one attached hydrogen (secondary N) is 1. The highest BCUT2D eigenvalue weighted by molar-refractivity contribution is 7.09. The van der Waals surface area contributed by atoms with Crippen LogP contribution < -0.4 is 11.1 Å². The predicted molar refractivity (Wildman–Crippen MR) is 114 cm³/mol. The summed E-state index contributed by atoms with van der Waals surface area (Å²) in [6.07, 6.45) is 1.05. The van der Waals surface area contributed by atoms with E-state index < -0.39 is 0 Å². The standard InChI is InChI=1S/C22H24N4OS/c1-15(26-12-11-16-7-5-6-10-18(16)14-26)13-24-22(27)21-19(23)20(25-28-21)17-8-3-2-4-9-17/h2-10,15H,11-14,23H2,1H3,(H,24,27). The first-order chi connectivity index (χ1) is 13.6. The molecular formula is C22H24N4OS. The highest BCUT2D eigenvalue weighted by atomic mass is 32.1. The fourth-order valence-corrected chi connectivity index (χ4v) is 4.35. The van der Waals surface area contributed by atoms with Crippen LogP contribution in [-0.4, -0.2) is 34.3 Å². The summed E-state index contributed by atoms with van der Waals surface area (Å²) < 4.78 is 4.39. The molecule has 0 saturated heterocycles. The van der Waals surface area contributed by atoms with Crippen molar-refractivity contribution in [3.05, 3.63) is 70.6 Å². The topological polar surface area (TPSA) is 71.2 Å². The van der Waals surface area contributed by atoms with E-state index in [1.807, 2.05) is 30.3 Å². The second-order valence-electron chi connectivity index (χ2n) is 7.19. The van der Waals surface area contributed by atoms with Gasteiger partial charge in [-0.25, -0.2) is 0 Å². The number of nitrogens with zero attached hydrogens (tertiary/aromatic N) is 2. The molecule has 0 spiro atoms. The van der Waals surface area contributed by atoms with Crippen LogP contribution in [-0.2, 0) is 13.0 Å². The van der Waals surface area contributed by atoms with Crippen LogP contribution in [0.4, 0.5) is 5.69 Å². The first-order valence-electron chi connectivity index (χ1n) is 9.53. The fraction of sp³-hybridized carbons (Fsp3) is 0.273. The molecular weight excluding hydrogens is 368 g/mol. The lowest BCUT2D eigenvalue weighted by atomic mass is 9.99. The van der Waals surface area contributed by atoms with Crippen molar-refractivity contribution in [2.45, 2.75) is 25.9 Å². The average Bonchev–Trinajstić information content (AvgIpc) is 3.13. The SMILES string of the molecule is CC(CNC(=O)c1snc(-c2ccccc2)c1N)N1CCc2ccccc2C1. The highest BCUT2D eigenvalue weighted by Gasteiger charge is 2.22. The van der Waals surface area contributed by atoms with Gasteiger partial charge < -0.3 is 11.1 Å². The van der Waals surface area contributed by atoms with Crippen LogP contribution in [0.25, 0.3) is 11.3 Å². The van der Waals surface area contributed by atoms with E-state index in [-0.39, 0.29) is 11.9 Å². The number of nitrogen functional groups attached to an aromatic ring is 1. The van der Waals surface area contributed by atoms with Gasteiger partial charge in [-0.1, -0.05) is 54.6 Å². The number of anilines is 1. The molecule has 3 aromatic rings. The van der Waals surface area contributed by atoms with Gasteiger partial charge in [0.2, 0.25) is 0 Å². The van der Waals surface area contributed by atoms with Crippen molar-refractivity contribution in [3.8, 4) is 11.3 Å². The van der Waals surface area contributed by atoms with Gasteiger partial charge in [-0.05, 0) is 36.0 Å². The van der Waals surface area contributed by atoms with Gasteiger partial charge in [0, 0.05) is 31.2 Å². The molecule has 28 heavy (non-hydrogen) atoms. The summed E-state index contributed by atoms with van der Waals surface area (Å²) in [6.45, 7) is 4.67. The number of nitrogens with two attached hydrogens (primary N) is 1. The Kier molecular flexibility index (Phi) is 5.41. The van der Waals surface area contributed by atoms with Crippen LogP contribution in [0.15, 0.2) is 54.6 Å². The molecule has 0 fully saturated rings. The van der Waals surface area contributed by atoms with Crippen LogP contribution in [0.1, 0.15) is 27.7 Å². The summed E-state index contributed by atoms with van der Waals surface area (Å²) in [6, 6.07) is 18.5. The first kappa shape index (κ1) is 18.7.